The highest BCUT2D eigenvalue weighted by atomic mass is 19.1. The molecule has 0 spiro atoms. The van der Waals surface area contributed by atoms with Gasteiger partial charge in [-0.1, -0.05) is 0 Å². The van der Waals surface area contributed by atoms with Gasteiger partial charge in [-0.3, -0.25) is 10.2 Å². The second-order valence-corrected chi connectivity index (χ2v) is 2.88. The van der Waals surface area contributed by atoms with E-state index in [1.54, 1.807) is 0 Å². The van der Waals surface area contributed by atoms with Crippen molar-refractivity contribution in [3.8, 4) is 5.88 Å². The highest BCUT2D eigenvalue weighted by Crippen LogP contribution is 2.17. The maximum atomic E-state index is 13.3. The molecule has 6 heteroatoms. The minimum absolute atomic E-state index is 0.0321. The van der Waals surface area contributed by atoms with Crippen molar-refractivity contribution in [1.82, 2.24) is 4.98 Å². The van der Waals surface area contributed by atoms with Crippen LogP contribution in [0.3, 0.4) is 0 Å². The van der Waals surface area contributed by atoms with Gasteiger partial charge >= 0.3 is 0 Å². The fourth-order valence-electron chi connectivity index (χ4n) is 1.03. The van der Waals surface area contributed by atoms with Gasteiger partial charge in [0.15, 0.2) is 12.1 Å². The summed E-state index contributed by atoms with van der Waals surface area (Å²) >= 11 is 0. The van der Waals surface area contributed by atoms with Crippen LogP contribution < -0.4 is 10.5 Å². The number of ether oxygens (including phenoxy) is 1. The van der Waals surface area contributed by atoms with Crippen molar-refractivity contribution in [3.63, 3.8) is 0 Å². The molecule has 0 aromatic carbocycles. The van der Waals surface area contributed by atoms with E-state index in [0.29, 0.717) is 6.29 Å². The summed E-state index contributed by atoms with van der Waals surface area (Å²) in [6.45, 7) is 0. The minimum Gasteiger partial charge on any atom is -0.481 e. The van der Waals surface area contributed by atoms with Gasteiger partial charge in [-0.05, 0) is 6.08 Å². The summed E-state index contributed by atoms with van der Waals surface area (Å²) in [5.74, 6) is -0.446. The van der Waals surface area contributed by atoms with E-state index in [2.05, 4.69) is 4.98 Å². The van der Waals surface area contributed by atoms with Crippen LogP contribution in [0.25, 0.3) is 5.70 Å². The number of methoxy groups -OCH3 is 1. The summed E-state index contributed by atoms with van der Waals surface area (Å²) in [7, 11) is 1.39. The maximum absolute atomic E-state index is 13.3. The van der Waals surface area contributed by atoms with Crippen molar-refractivity contribution in [3.05, 3.63) is 29.7 Å². The lowest BCUT2D eigenvalue weighted by molar-refractivity contribution is -0.102. The third-order valence-corrected chi connectivity index (χ3v) is 1.79. The fraction of sp³-hybridized carbons (Fsp3) is 0.100. The first-order valence-electron chi connectivity index (χ1n) is 4.29. The van der Waals surface area contributed by atoms with Crippen LogP contribution in [0.1, 0.15) is 5.56 Å². The number of nitrogens with two attached hydrogens (primary N) is 1. The van der Waals surface area contributed by atoms with Gasteiger partial charge in [0.1, 0.15) is 0 Å². The van der Waals surface area contributed by atoms with Gasteiger partial charge in [-0.15, -0.1) is 0 Å². The Morgan fingerprint density at radius 2 is 2.38 bits per heavy atom. The molecule has 0 atom stereocenters. The molecule has 0 radical (unpaired) electrons. The lowest BCUT2D eigenvalue weighted by Crippen LogP contribution is -2.05. The predicted octanol–water partition coefficient (Wildman–Crippen LogP) is 0.748. The SMILES string of the molecule is COc1cc(/C(N)=C/C(=N)C=O)c(F)cn1. The van der Waals surface area contributed by atoms with E-state index < -0.39 is 5.82 Å². The van der Waals surface area contributed by atoms with E-state index in [1.165, 1.54) is 13.2 Å². The number of hydrogen-bond donors (Lipinski definition) is 2. The molecule has 0 unspecified atom stereocenters. The Labute approximate surface area is 91.3 Å². The number of nitrogens with one attached hydrogen (secondary N) is 1. The second kappa shape index (κ2) is 5.01. The van der Waals surface area contributed by atoms with Crippen molar-refractivity contribution in [1.29, 1.82) is 5.41 Å². The number of rotatable bonds is 4. The molecule has 0 bridgehead atoms. The van der Waals surface area contributed by atoms with E-state index in [9.17, 15) is 9.18 Å². The lowest BCUT2D eigenvalue weighted by atomic mass is 10.1. The van der Waals surface area contributed by atoms with Crippen LogP contribution in [0, 0.1) is 11.2 Å². The number of nitrogens with zero attached hydrogens (tertiary/aromatic N) is 1. The van der Waals surface area contributed by atoms with E-state index in [0.717, 1.165) is 12.3 Å². The first-order chi connectivity index (χ1) is 7.58. The van der Waals surface area contributed by atoms with Gasteiger partial charge in [-0.2, -0.15) is 0 Å². The quantitative estimate of drug-likeness (QED) is 0.582. The van der Waals surface area contributed by atoms with Crippen molar-refractivity contribution in [2.45, 2.75) is 0 Å². The molecule has 16 heavy (non-hydrogen) atoms. The van der Waals surface area contributed by atoms with Crippen LogP contribution in [-0.4, -0.2) is 24.1 Å². The Kier molecular flexibility index (Phi) is 3.71. The molecule has 0 fully saturated rings. The van der Waals surface area contributed by atoms with Gasteiger partial charge in [0.2, 0.25) is 5.88 Å². The van der Waals surface area contributed by atoms with Crippen LogP contribution in [0.2, 0.25) is 0 Å². The largest absolute Gasteiger partial charge is 0.481 e. The molecule has 1 rings (SSSR count). The molecule has 0 saturated carbocycles. The number of aromatic nitrogens is 1. The Hall–Kier alpha value is -2.24. The molecule has 84 valence electrons. The molecule has 0 aliphatic heterocycles. The molecule has 5 nitrogen and oxygen atoms in total. The number of carbonyl (C=O) groups is 1. The topological polar surface area (TPSA) is 89.1 Å². The number of halogens is 1. The Balaban J connectivity index is 3.16. The molecular weight excluding hydrogens is 213 g/mol. The number of hydrogen-bond acceptors (Lipinski definition) is 5. The van der Waals surface area contributed by atoms with E-state index in [1.807, 2.05) is 0 Å². The number of allylic oxidation sites excluding steroid dienone is 1. The number of carbonyl (C=O) groups excluding carboxylic acids is 1. The normalized spacial score (nSPS) is 11.0. The molecule has 3 N–H and O–H groups in total. The average Bonchev–Trinajstić information content (AvgIpc) is 2.29. The molecule has 1 heterocycles. The standard InChI is InChI=1S/C10H10FN3O2/c1-16-10-3-7(8(11)4-14-10)9(13)2-6(12)5-15/h2-5,12H,13H2,1H3/b9-2-,12-6?. The zero-order valence-corrected chi connectivity index (χ0v) is 8.53. The van der Waals surface area contributed by atoms with Crippen molar-refractivity contribution >= 4 is 17.7 Å². The third-order valence-electron chi connectivity index (χ3n) is 1.79. The van der Waals surface area contributed by atoms with Crippen molar-refractivity contribution in [2.24, 2.45) is 5.73 Å². The molecule has 0 amide bonds. The van der Waals surface area contributed by atoms with Crippen molar-refractivity contribution in [2.75, 3.05) is 7.11 Å². The summed E-state index contributed by atoms with van der Waals surface area (Å²) in [5, 5.41) is 7.09. The molecule has 0 aliphatic carbocycles. The van der Waals surface area contributed by atoms with Gasteiger partial charge in [0, 0.05) is 17.3 Å². The van der Waals surface area contributed by atoms with E-state index >= 15 is 0 Å². The Morgan fingerprint density at radius 1 is 1.69 bits per heavy atom. The third kappa shape index (κ3) is 2.63. The van der Waals surface area contributed by atoms with Gasteiger partial charge in [-0.25, -0.2) is 9.37 Å². The summed E-state index contributed by atoms with van der Waals surface area (Å²) in [6, 6.07) is 1.29. The van der Waals surface area contributed by atoms with Crippen LogP contribution in [0.15, 0.2) is 18.3 Å². The van der Waals surface area contributed by atoms with Crippen LogP contribution in [0.5, 0.6) is 5.88 Å². The van der Waals surface area contributed by atoms with Crippen LogP contribution >= 0.6 is 0 Å². The molecular formula is C10H10FN3O2. The van der Waals surface area contributed by atoms with Gasteiger partial charge < -0.3 is 10.5 Å². The summed E-state index contributed by atoms with van der Waals surface area (Å²) in [6.07, 6.45) is 2.33. The van der Waals surface area contributed by atoms with Crippen molar-refractivity contribution < 1.29 is 13.9 Å². The van der Waals surface area contributed by atoms with Gasteiger partial charge in [0.25, 0.3) is 0 Å². The number of aldehydes is 1. The van der Waals surface area contributed by atoms with E-state index in [4.69, 9.17) is 15.9 Å². The first kappa shape index (κ1) is 11.8. The average molecular weight is 223 g/mol. The molecule has 1 aromatic rings. The summed E-state index contributed by atoms with van der Waals surface area (Å²) in [5.41, 5.74) is 5.20. The highest BCUT2D eigenvalue weighted by molar-refractivity contribution is 6.33. The van der Waals surface area contributed by atoms with Gasteiger partial charge in [0.05, 0.1) is 19.0 Å². The summed E-state index contributed by atoms with van der Waals surface area (Å²) in [4.78, 5) is 13.9. The van der Waals surface area contributed by atoms with Crippen LogP contribution in [0.4, 0.5) is 4.39 Å². The molecule has 0 saturated heterocycles. The maximum Gasteiger partial charge on any atom is 0.213 e. The van der Waals surface area contributed by atoms with E-state index in [-0.39, 0.29) is 22.9 Å². The Bertz CT molecular complexity index is 457. The summed E-state index contributed by atoms with van der Waals surface area (Å²) < 4.78 is 18.1. The smallest absolute Gasteiger partial charge is 0.213 e. The lowest BCUT2D eigenvalue weighted by Gasteiger charge is -2.05. The minimum atomic E-state index is -0.645. The Morgan fingerprint density at radius 3 is 2.94 bits per heavy atom. The van der Waals surface area contributed by atoms with Crippen LogP contribution in [-0.2, 0) is 4.79 Å². The first-order valence-corrected chi connectivity index (χ1v) is 4.29. The number of pyridine rings is 1. The monoisotopic (exact) mass is 223 g/mol. The zero-order valence-electron chi connectivity index (χ0n) is 8.53. The fourth-order valence-corrected chi connectivity index (χ4v) is 1.03. The molecule has 1 aromatic heterocycles. The highest BCUT2D eigenvalue weighted by Gasteiger charge is 2.08. The predicted molar refractivity (Wildman–Crippen MR) is 56.7 cm³/mol. The second-order valence-electron chi connectivity index (χ2n) is 2.88. The molecule has 0 aliphatic rings. The zero-order chi connectivity index (χ0) is 12.1.